The third kappa shape index (κ3) is 6.07. The molecule has 0 saturated carbocycles. The summed E-state index contributed by atoms with van der Waals surface area (Å²) in [6.07, 6.45) is 0. The standard InChI is InChI=1S/C22H29FN2O2/c1-5-25(14-17-11-12-20(27-4)19(23)13-17)15-21(26)24-22(16(2)3)18-9-7-6-8-10-18/h6-13,16,22H,5,14-15H2,1-4H3,(H,24,26). The quantitative estimate of drug-likeness (QED) is 0.718. The first-order valence-electron chi connectivity index (χ1n) is 9.33. The molecular formula is C22H29FN2O2. The predicted molar refractivity (Wildman–Crippen MR) is 106 cm³/mol. The van der Waals surface area contributed by atoms with E-state index >= 15 is 0 Å². The molecule has 2 aromatic rings. The summed E-state index contributed by atoms with van der Waals surface area (Å²) in [5.41, 5.74) is 1.91. The van der Waals surface area contributed by atoms with Gasteiger partial charge < -0.3 is 10.1 Å². The number of nitrogens with zero attached hydrogens (tertiary/aromatic N) is 1. The van der Waals surface area contributed by atoms with Crippen LogP contribution < -0.4 is 10.1 Å². The van der Waals surface area contributed by atoms with Gasteiger partial charge in [-0.25, -0.2) is 4.39 Å². The first kappa shape index (κ1) is 20.9. The zero-order valence-corrected chi connectivity index (χ0v) is 16.5. The van der Waals surface area contributed by atoms with Crippen LogP contribution in [0, 0.1) is 11.7 Å². The maximum Gasteiger partial charge on any atom is 0.234 e. The molecular weight excluding hydrogens is 343 g/mol. The van der Waals surface area contributed by atoms with Crippen molar-refractivity contribution >= 4 is 5.91 Å². The highest BCUT2D eigenvalue weighted by Crippen LogP contribution is 2.21. The molecule has 1 unspecified atom stereocenters. The molecule has 1 atom stereocenters. The minimum absolute atomic E-state index is 0.0316. The number of rotatable bonds is 9. The Morgan fingerprint density at radius 1 is 1.19 bits per heavy atom. The second-order valence-corrected chi connectivity index (χ2v) is 6.97. The van der Waals surface area contributed by atoms with E-state index in [1.165, 1.54) is 13.2 Å². The molecule has 0 fully saturated rings. The van der Waals surface area contributed by atoms with Crippen LogP contribution in [-0.4, -0.2) is 31.0 Å². The Balaban J connectivity index is 2.00. The first-order valence-corrected chi connectivity index (χ1v) is 9.33. The van der Waals surface area contributed by atoms with Crippen molar-refractivity contribution in [1.29, 1.82) is 0 Å². The molecule has 0 bridgehead atoms. The highest BCUT2D eigenvalue weighted by molar-refractivity contribution is 5.78. The van der Waals surface area contributed by atoms with Gasteiger partial charge in [-0.05, 0) is 35.7 Å². The third-order valence-electron chi connectivity index (χ3n) is 4.58. The molecule has 0 aliphatic heterocycles. The number of benzene rings is 2. The number of carbonyl (C=O) groups is 1. The van der Waals surface area contributed by atoms with E-state index < -0.39 is 0 Å². The molecule has 2 aromatic carbocycles. The lowest BCUT2D eigenvalue weighted by molar-refractivity contribution is -0.123. The molecule has 146 valence electrons. The van der Waals surface area contributed by atoms with Crippen molar-refractivity contribution in [3.8, 4) is 5.75 Å². The zero-order chi connectivity index (χ0) is 19.8. The van der Waals surface area contributed by atoms with Gasteiger partial charge in [-0.1, -0.05) is 57.2 Å². The van der Waals surface area contributed by atoms with Crippen molar-refractivity contribution in [3.63, 3.8) is 0 Å². The SMILES string of the molecule is CCN(CC(=O)NC(c1ccccc1)C(C)C)Cc1ccc(OC)c(F)c1. The van der Waals surface area contributed by atoms with Gasteiger partial charge in [0, 0.05) is 6.54 Å². The number of amides is 1. The topological polar surface area (TPSA) is 41.6 Å². The van der Waals surface area contributed by atoms with Crippen LogP contribution in [0.5, 0.6) is 5.75 Å². The summed E-state index contributed by atoms with van der Waals surface area (Å²) in [5.74, 6) is 0.0807. The molecule has 0 heterocycles. The molecule has 0 radical (unpaired) electrons. The molecule has 0 aromatic heterocycles. The number of methoxy groups -OCH3 is 1. The van der Waals surface area contributed by atoms with Gasteiger partial charge in [0.25, 0.3) is 0 Å². The molecule has 1 N–H and O–H groups in total. The fraction of sp³-hybridized carbons (Fsp3) is 0.409. The molecule has 2 rings (SSSR count). The largest absolute Gasteiger partial charge is 0.494 e. The molecule has 0 spiro atoms. The van der Waals surface area contributed by atoms with E-state index in [4.69, 9.17) is 4.74 Å². The molecule has 1 amide bonds. The van der Waals surface area contributed by atoms with E-state index in [1.54, 1.807) is 6.07 Å². The molecule has 5 heteroatoms. The van der Waals surface area contributed by atoms with Crippen molar-refractivity contribution in [3.05, 3.63) is 65.5 Å². The average molecular weight is 372 g/mol. The van der Waals surface area contributed by atoms with E-state index in [2.05, 4.69) is 19.2 Å². The van der Waals surface area contributed by atoms with Gasteiger partial charge in [0.2, 0.25) is 5.91 Å². The van der Waals surface area contributed by atoms with Crippen LogP contribution in [0.1, 0.15) is 37.9 Å². The van der Waals surface area contributed by atoms with Crippen LogP contribution in [0.15, 0.2) is 48.5 Å². The fourth-order valence-corrected chi connectivity index (χ4v) is 3.06. The summed E-state index contributed by atoms with van der Waals surface area (Å²) in [6.45, 7) is 7.64. The minimum Gasteiger partial charge on any atom is -0.494 e. The number of halogens is 1. The van der Waals surface area contributed by atoms with E-state index in [1.807, 2.05) is 48.2 Å². The van der Waals surface area contributed by atoms with Gasteiger partial charge in [-0.2, -0.15) is 0 Å². The van der Waals surface area contributed by atoms with Gasteiger partial charge in [0.15, 0.2) is 11.6 Å². The van der Waals surface area contributed by atoms with Crippen LogP contribution in [0.3, 0.4) is 0 Å². The lowest BCUT2D eigenvalue weighted by atomic mass is 9.96. The smallest absolute Gasteiger partial charge is 0.234 e. The summed E-state index contributed by atoms with van der Waals surface area (Å²) >= 11 is 0. The van der Waals surface area contributed by atoms with Crippen LogP contribution in [0.25, 0.3) is 0 Å². The van der Waals surface area contributed by atoms with Gasteiger partial charge in [-0.3, -0.25) is 9.69 Å². The van der Waals surface area contributed by atoms with E-state index in [9.17, 15) is 9.18 Å². The maximum absolute atomic E-state index is 13.9. The summed E-state index contributed by atoms with van der Waals surface area (Å²) in [5, 5.41) is 3.14. The average Bonchev–Trinajstić information content (AvgIpc) is 2.66. The van der Waals surface area contributed by atoms with Crippen molar-refractivity contribution in [1.82, 2.24) is 10.2 Å². The van der Waals surface area contributed by atoms with E-state index in [-0.39, 0.29) is 36.0 Å². The Kier molecular flexibility index (Phi) is 7.80. The lowest BCUT2D eigenvalue weighted by Crippen LogP contribution is -2.40. The lowest BCUT2D eigenvalue weighted by Gasteiger charge is -2.26. The number of likely N-dealkylation sites (N-methyl/N-ethyl adjacent to an activating group) is 1. The Bertz CT molecular complexity index is 734. The highest BCUT2D eigenvalue weighted by atomic mass is 19.1. The van der Waals surface area contributed by atoms with Crippen molar-refractivity contribution in [2.75, 3.05) is 20.2 Å². The predicted octanol–water partition coefficient (Wildman–Crippen LogP) is 4.17. The molecule has 0 saturated heterocycles. The van der Waals surface area contributed by atoms with Crippen molar-refractivity contribution in [2.24, 2.45) is 5.92 Å². The number of hydrogen-bond acceptors (Lipinski definition) is 3. The number of carbonyl (C=O) groups excluding carboxylic acids is 1. The van der Waals surface area contributed by atoms with Crippen LogP contribution in [-0.2, 0) is 11.3 Å². The van der Waals surface area contributed by atoms with Gasteiger partial charge >= 0.3 is 0 Å². The van der Waals surface area contributed by atoms with E-state index in [0.717, 1.165) is 11.1 Å². The summed E-state index contributed by atoms with van der Waals surface area (Å²) in [4.78, 5) is 14.6. The number of nitrogens with one attached hydrogen (secondary N) is 1. The maximum atomic E-state index is 13.9. The Labute approximate surface area is 161 Å². The summed E-state index contributed by atoms with van der Waals surface area (Å²) in [7, 11) is 1.44. The Morgan fingerprint density at radius 2 is 1.89 bits per heavy atom. The second-order valence-electron chi connectivity index (χ2n) is 6.97. The fourth-order valence-electron chi connectivity index (χ4n) is 3.06. The minimum atomic E-state index is -0.389. The number of ether oxygens (including phenoxy) is 1. The summed E-state index contributed by atoms with van der Waals surface area (Å²) in [6, 6.07) is 14.9. The van der Waals surface area contributed by atoms with Crippen LogP contribution in [0.2, 0.25) is 0 Å². The monoisotopic (exact) mass is 372 g/mol. The Hall–Kier alpha value is -2.40. The highest BCUT2D eigenvalue weighted by Gasteiger charge is 2.19. The molecule has 0 aliphatic rings. The van der Waals surface area contributed by atoms with Gasteiger partial charge in [0.05, 0.1) is 19.7 Å². The second kappa shape index (κ2) is 10.1. The first-order chi connectivity index (χ1) is 12.9. The third-order valence-corrected chi connectivity index (χ3v) is 4.58. The van der Waals surface area contributed by atoms with Crippen molar-refractivity contribution < 1.29 is 13.9 Å². The zero-order valence-electron chi connectivity index (χ0n) is 16.5. The molecule has 0 aliphatic carbocycles. The normalized spacial score (nSPS) is 12.3. The van der Waals surface area contributed by atoms with Gasteiger partial charge in [0.1, 0.15) is 0 Å². The van der Waals surface area contributed by atoms with Gasteiger partial charge in [-0.15, -0.1) is 0 Å². The van der Waals surface area contributed by atoms with Crippen LogP contribution >= 0.6 is 0 Å². The van der Waals surface area contributed by atoms with E-state index in [0.29, 0.717) is 13.1 Å². The van der Waals surface area contributed by atoms with Crippen LogP contribution in [0.4, 0.5) is 4.39 Å². The number of hydrogen-bond donors (Lipinski definition) is 1. The molecule has 27 heavy (non-hydrogen) atoms. The molecule has 4 nitrogen and oxygen atoms in total. The van der Waals surface area contributed by atoms with Crippen molar-refractivity contribution in [2.45, 2.75) is 33.4 Å². The Morgan fingerprint density at radius 3 is 2.44 bits per heavy atom. The summed E-state index contributed by atoms with van der Waals surface area (Å²) < 4.78 is 18.8.